The first-order valence-corrected chi connectivity index (χ1v) is 11.3. The summed E-state index contributed by atoms with van der Waals surface area (Å²) in [6.45, 7) is 8.46. The Hall–Kier alpha value is -3.19. The lowest BCUT2D eigenvalue weighted by atomic mass is 9.76. The van der Waals surface area contributed by atoms with Gasteiger partial charge in [-0.05, 0) is 67.6 Å². The molecule has 2 atom stereocenters. The molecule has 0 radical (unpaired) electrons. The molecule has 4 aromatic rings. The van der Waals surface area contributed by atoms with Crippen molar-refractivity contribution in [2.24, 2.45) is 5.41 Å². The lowest BCUT2D eigenvalue weighted by Crippen LogP contribution is -2.39. The molecule has 2 aromatic carbocycles. The second kappa shape index (κ2) is 7.70. The summed E-state index contributed by atoms with van der Waals surface area (Å²) in [6.07, 6.45) is 2.28. The zero-order valence-electron chi connectivity index (χ0n) is 19.3. The summed E-state index contributed by atoms with van der Waals surface area (Å²) >= 11 is 0. The fourth-order valence-electron chi connectivity index (χ4n) is 5.24. The van der Waals surface area contributed by atoms with Crippen LogP contribution in [0.25, 0.3) is 27.5 Å². The van der Waals surface area contributed by atoms with Gasteiger partial charge >= 0.3 is 5.97 Å². The molecule has 172 valence electrons. The van der Waals surface area contributed by atoms with Crippen LogP contribution in [-0.4, -0.2) is 39.1 Å². The molecule has 2 aromatic heterocycles. The normalized spacial score (nSPS) is 21.3. The van der Waals surface area contributed by atoms with Crippen LogP contribution in [0.15, 0.2) is 36.5 Å². The van der Waals surface area contributed by atoms with Gasteiger partial charge in [-0.1, -0.05) is 13.8 Å². The number of rotatable bonds is 4. The van der Waals surface area contributed by atoms with Crippen LogP contribution < -0.4 is 0 Å². The SMILES string of the molecule is Cc1cc(-n2c(C(C)C)c(C3COCC(C)(C(=O)O)C3)c3cc4[nH]ncc4cc32)ccc1F. The largest absolute Gasteiger partial charge is 0.481 e. The maximum atomic E-state index is 14.1. The van der Waals surface area contributed by atoms with Gasteiger partial charge in [-0.25, -0.2) is 4.39 Å². The highest BCUT2D eigenvalue weighted by atomic mass is 19.1. The third-order valence-electron chi connectivity index (χ3n) is 6.91. The molecule has 0 amide bonds. The number of aromatic nitrogens is 3. The molecule has 1 aliphatic rings. The fourth-order valence-corrected chi connectivity index (χ4v) is 5.24. The molecule has 1 saturated heterocycles. The number of aromatic amines is 1. The third kappa shape index (κ3) is 3.42. The Bertz CT molecular complexity index is 1390. The average Bonchev–Trinajstić information content (AvgIpc) is 3.35. The Labute approximate surface area is 191 Å². The number of carboxylic acid groups (broad SMARTS) is 1. The summed E-state index contributed by atoms with van der Waals surface area (Å²) in [4.78, 5) is 12.0. The summed E-state index contributed by atoms with van der Waals surface area (Å²) < 4.78 is 22.2. The predicted molar refractivity (Wildman–Crippen MR) is 126 cm³/mol. The molecule has 6 nitrogen and oxygen atoms in total. The van der Waals surface area contributed by atoms with Crippen LogP contribution in [0.5, 0.6) is 0 Å². The van der Waals surface area contributed by atoms with Gasteiger partial charge in [0.25, 0.3) is 0 Å². The first-order chi connectivity index (χ1) is 15.7. The van der Waals surface area contributed by atoms with Crippen molar-refractivity contribution in [1.82, 2.24) is 14.8 Å². The van der Waals surface area contributed by atoms with Crippen molar-refractivity contribution in [3.05, 3.63) is 59.2 Å². The van der Waals surface area contributed by atoms with Crippen LogP contribution in [-0.2, 0) is 9.53 Å². The minimum atomic E-state index is -0.948. The summed E-state index contributed by atoms with van der Waals surface area (Å²) in [6, 6.07) is 9.36. The summed E-state index contributed by atoms with van der Waals surface area (Å²) in [7, 11) is 0. The van der Waals surface area contributed by atoms with Crippen molar-refractivity contribution in [2.75, 3.05) is 13.2 Å². The topological polar surface area (TPSA) is 80.1 Å². The molecule has 0 saturated carbocycles. The van der Waals surface area contributed by atoms with E-state index in [-0.39, 0.29) is 24.3 Å². The number of benzene rings is 2. The molecular formula is C26H28FN3O3. The lowest BCUT2D eigenvalue weighted by molar-refractivity contribution is -0.156. The standard InChI is InChI=1S/C26H28FN3O3/c1-14(2)24-23(17-10-26(4,25(31)32)13-33-12-17)19-9-21-16(11-28-29-21)8-22(19)30(24)18-5-6-20(27)15(3)7-18/h5-9,11,14,17H,10,12-13H2,1-4H3,(H,28,29)(H,31,32). The first kappa shape index (κ1) is 21.6. The van der Waals surface area contributed by atoms with Gasteiger partial charge in [0.2, 0.25) is 0 Å². The Morgan fingerprint density at radius 1 is 1.33 bits per heavy atom. The highest BCUT2D eigenvalue weighted by molar-refractivity contribution is 5.99. The minimum Gasteiger partial charge on any atom is -0.481 e. The van der Waals surface area contributed by atoms with E-state index in [4.69, 9.17) is 4.74 Å². The maximum absolute atomic E-state index is 14.1. The molecular weight excluding hydrogens is 421 g/mol. The van der Waals surface area contributed by atoms with E-state index in [1.807, 2.05) is 6.07 Å². The molecule has 5 rings (SSSR count). The molecule has 0 bridgehead atoms. The van der Waals surface area contributed by atoms with Gasteiger partial charge < -0.3 is 14.4 Å². The zero-order valence-corrected chi connectivity index (χ0v) is 19.3. The molecule has 2 N–H and O–H groups in total. The average molecular weight is 450 g/mol. The monoisotopic (exact) mass is 449 g/mol. The molecule has 1 aliphatic heterocycles. The summed E-state index contributed by atoms with van der Waals surface area (Å²) in [5.74, 6) is -1.01. The van der Waals surface area contributed by atoms with E-state index in [1.54, 1.807) is 26.1 Å². The van der Waals surface area contributed by atoms with Crippen molar-refractivity contribution in [3.63, 3.8) is 0 Å². The molecule has 0 spiro atoms. The Kier molecular flexibility index (Phi) is 5.05. The van der Waals surface area contributed by atoms with Crippen LogP contribution in [0.3, 0.4) is 0 Å². The number of halogens is 1. The van der Waals surface area contributed by atoms with Crippen molar-refractivity contribution < 1.29 is 19.0 Å². The van der Waals surface area contributed by atoms with Crippen molar-refractivity contribution >= 4 is 27.8 Å². The quantitative estimate of drug-likeness (QED) is 0.421. The summed E-state index contributed by atoms with van der Waals surface area (Å²) in [5, 5.41) is 19.1. The van der Waals surface area contributed by atoms with Gasteiger partial charge in [0.1, 0.15) is 5.82 Å². The van der Waals surface area contributed by atoms with Crippen LogP contribution in [0.1, 0.15) is 55.8 Å². The van der Waals surface area contributed by atoms with Crippen molar-refractivity contribution in [1.29, 1.82) is 0 Å². The minimum absolute atomic E-state index is 0.0806. The smallest absolute Gasteiger partial charge is 0.311 e. The number of ether oxygens (including phenoxy) is 1. The lowest BCUT2D eigenvalue weighted by Gasteiger charge is -2.35. The van der Waals surface area contributed by atoms with Crippen LogP contribution in [0, 0.1) is 18.2 Å². The molecule has 33 heavy (non-hydrogen) atoms. The maximum Gasteiger partial charge on any atom is 0.311 e. The number of fused-ring (bicyclic) bond motifs is 2. The van der Waals surface area contributed by atoms with E-state index in [1.165, 1.54) is 6.07 Å². The number of aliphatic carboxylic acids is 1. The second-order valence-corrected chi connectivity index (χ2v) is 9.83. The molecule has 1 fully saturated rings. The van der Waals surface area contributed by atoms with Gasteiger partial charge in [-0.3, -0.25) is 9.89 Å². The number of nitrogens with one attached hydrogen (secondary N) is 1. The fraction of sp³-hybridized carbons (Fsp3) is 0.385. The van der Waals surface area contributed by atoms with Crippen LogP contribution >= 0.6 is 0 Å². The Balaban J connectivity index is 1.84. The summed E-state index contributed by atoms with van der Waals surface area (Å²) in [5.41, 5.74) is 4.63. The highest BCUT2D eigenvalue weighted by Gasteiger charge is 2.42. The predicted octanol–water partition coefficient (Wildman–Crippen LogP) is 5.67. The molecule has 7 heteroatoms. The highest BCUT2D eigenvalue weighted by Crippen LogP contribution is 2.45. The van der Waals surface area contributed by atoms with E-state index in [0.29, 0.717) is 18.6 Å². The van der Waals surface area contributed by atoms with Crippen LogP contribution in [0.2, 0.25) is 0 Å². The number of H-pyrrole nitrogens is 1. The second-order valence-electron chi connectivity index (χ2n) is 9.83. The Morgan fingerprint density at radius 3 is 2.82 bits per heavy atom. The number of carbonyl (C=O) groups is 1. The first-order valence-electron chi connectivity index (χ1n) is 11.3. The molecule has 2 unspecified atom stereocenters. The number of aryl methyl sites for hydroxylation is 1. The van der Waals surface area contributed by atoms with E-state index in [9.17, 15) is 14.3 Å². The van der Waals surface area contributed by atoms with Gasteiger partial charge in [0.15, 0.2) is 0 Å². The van der Waals surface area contributed by atoms with E-state index in [0.717, 1.165) is 38.8 Å². The van der Waals surface area contributed by atoms with Gasteiger partial charge in [-0.2, -0.15) is 5.10 Å². The van der Waals surface area contributed by atoms with E-state index >= 15 is 0 Å². The zero-order chi connectivity index (χ0) is 23.5. The van der Waals surface area contributed by atoms with Gasteiger partial charge in [-0.15, -0.1) is 0 Å². The molecule has 3 heterocycles. The molecule has 0 aliphatic carbocycles. The number of hydrogen-bond donors (Lipinski definition) is 2. The van der Waals surface area contributed by atoms with E-state index in [2.05, 4.69) is 40.7 Å². The number of carboxylic acids is 1. The van der Waals surface area contributed by atoms with Crippen molar-refractivity contribution in [3.8, 4) is 5.69 Å². The van der Waals surface area contributed by atoms with Gasteiger partial charge in [0.05, 0.1) is 35.9 Å². The van der Waals surface area contributed by atoms with Crippen LogP contribution in [0.4, 0.5) is 4.39 Å². The number of nitrogens with zero attached hydrogens (tertiary/aromatic N) is 2. The van der Waals surface area contributed by atoms with Gasteiger partial charge in [0, 0.05) is 28.1 Å². The number of hydrogen-bond acceptors (Lipinski definition) is 3. The van der Waals surface area contributed by atoms with E-state index < -0.39 is 11.4 Å². The Morgan fingerprint density at radius 2 is 2.12 bits per heavy atom. The van der Waals surface area contributed by atoms with Crippen molar-refractivity contribution in [2.45, 2.75) is 46.0 Å². The third-order valence-corrected chi connectivity index (χ3v) is 6.91.